The van der Waals surface area contributed by atoms with Gasteiger partial charge in [0.05, 0.1) is 10.8 Å². The van der Waals surface area contributed by atoms with Gasteiger partial charge in [-0.25, -0.2) is 17.9 Å². The lowest BCUT2D eigenvalue weighted by Crippen LogP contribution is -2.45. The Morgan fingerprint density at radius 2 is 1.92 bits per heavy atom. The molecule has 0 saturated carbocycles. The molecule has 2 rings (SSSR count). The van der Waals surface area contributed by atoms with Crippen molar-refractivity contribution >= 4 is 22.0 Å². The summed E-state index contributed by atoms with van der Waals surface area (Å²) < 4.78 is 26.9. The molecule has 1 fully saturated rings. The highest BCUT2D eigenvalue weighted by Gasteiger charge is 2.26. The smallest absolute Gasteiger partial charge is 0.317 e. The van der Waals surface area contributed by atoms with E-state index in [2.05, 4.69) is 10.0 Å². The lowest BCUT2D eigenvalue weighted by Gasteiger charge is -2.30. The number of hydrogen-bond donors (Lipinski definition) is 3. The van der Waals surface area contributed by atoms with Gasteiger partial charge in [0.1, 0.15) is 0 Å². The van der Waals surface area contributed by atoms with Gasteiger partial charge in [0.15, 0.2) is 0 Å². The average Bonchev–Trinajstić information content (AvgIpc) is 2.59. The molecular weight excluding hydrogens is 358 g/mol. The molecule has 0 atom stereocenters. The van der Waals surface area contributed by atoms with Crippen molar-refractivity contribution in [3.63, 3.8) is 0 Å². The number of sulfonamides is 1. The first-order chi connectivity index (χ1) is 12.2. The summed E-state index contributed by atoms with van der Waals surface area (Å²) in [7, 11) is -3.58. The Bertz CT molecular complexity index is 755. The number of carbonyl (C=O) groups excluding carboxylic acids is 1. The van der Waals surface area contributed by atoms with E-state index < -0.39 is 21.9 Å². The summed E-state index contributed by atoms with van der Waals surface area (Å²) in [5.41, 5.74) is 0.672. The zero-order valence-corrected chi connectivity index (χ0v) is 15.8. The quantitative estimate of drug-likeness (QED) is 0.686. The van der Waals surface area contributed by atoms with E-state index in [0.29, 0.717) is 31.5 Å². The third kappa shape index (κ3) is 5.43. The second kappa shape index (κ2) is 8.50. The molecule has 144 valence electrons. The van der Waals surface area contributed by atoms with Gasteiger partial charge in [-0.2, -0.15) is 0 Å². The monoisotopic (exact) mass is 383 g/mol. The van der Waals surface area contributed by atoms with Gasteiger partial charge in [0.2, 0.25) is 10.0 Å². The van der Waals surface area contributed by atoms with Crippen molar-refractivity contribution in [2.24, 2.45) is 5.92 Å². The standard InChI is InChI=1S/C17H25N3O5S/c1-12(2)19-26(24,25)15-5-3-4-13(10-15)11-18-17(23)20-8-6-14(7-9-20)16(21)22/h3-5,10,12,14,19H,6-9,11H2,1-2H3,(H,18,23)(H,21,22). The van der Waals surface area contributed by atoms with Crippen molar-refractivity contribution < 1.29 is 23.1 Å². The van der Waals surface area contributed by atoms with Crippen LogP contribution in [-0.2, 0) is 21.4 Å². The second-order valence-corrected chi connectivity index (χ2v) is 8.40. The molecule has 8 nitrogen and oxygen atoms in total. The lowest BCUT2D eigenvalue weighted by molar-refractivity contribution is -0.143. The van der Waals surface area contributed by atoms with Gasteiger partial charge in [0, 0.05) is 25.7 Å². The number of carboxylic acids is 1. The summed E-state index contributed by atoms with van der Waals surface area (Å²) >= 11 is 0. The first-order valence-corrected chi connectivity index (χ1v) is 10.0. The van der Waals surface area contributed by atoms with Crippen LogP contribution in [-0.4, -0.2) is 49.6 Å². The molecule has 0 unspecified atom stereocenters. The molecule has 1 aliphatic rings. The number of aliphatic carboxylic acids is 1. The van der Waals surface area contributed by atoms with Gasteiger partial charge in [-0.15, -0.1) is 0 Å². The number of amides is 2. The van der Waals surface area contributed by atoms with E-state index in [0.717, 1.165) is 0 Å². The van der Waals surface area contributed by atoms with Gasteiger partial charge >= 0.3 is 12.0 Å². The van der Waals surface area contributed by atoms with Crippen LogP contribution in [0.25, 0.3) is 0 Å². The predicted octanol–water partition coefficient (Wildman–Crippen LogP) is 1.38. The molecule has 0 aliphatic carbocycles. The SMILES string of the molecule is CC(C)NS(=O)(=O)c1cccc(CNC(=O)N2CCC(C(=O)O)CC2)c1. The van der Waals surface area contributed by atoms with Crippen LogP contribution in [0.5, 0.6) is 0 Å². The highest BCUT2D eigenvalue weighted by atomic mass is 32.2. The van der Waals surface area contributed by atoms with Crippen LogP contribution in [0.4, 0.5) is 4.79 Å². The Morgan fingerprint density at radius 1 is 1.27 bits per heavy atom. The van der Waals surface area contributed by atoms with E-state index in [4.69, 9.17) is 5.11 Å². The third-order valence-corrected chi connectivity index (χ3v) is 5.83. The van der Waals surface area contributed by atoms with Crippen LogP contribution in [0.15, 0.2) is 29.2 Å². The Morgan fingerprint density at radius 3 is 2.50 bits per heavy atom. The number of piperidine rings is 1. The maximum Gasteiger partial charge on any atom is 0.317 e. The molecule has 1 aromatic rings. The Hall–Kier alpha value is -2.13. The molecular formula is C17H25N3O5S. The summed E-state index contributed by atoms with van der Waals surface area (Å²) in [5, 5.41) is 11.7. The van der Waals surface area contributed by atoms with Gasteiger partial charge in [-0.3, -0.25) is 4.79 Å². The van der Waals surface area contributed by atoms with Crippen LogP contribution in [0.3, 0.4) is 0 Å². The second-order valence-electron chi connectivity index (χ2n) is 6.68. The van der Waals surface area contributed by atoms with Crippen LogP contribution < -0.4 is 10.0 Å². The molecule has 26 heavy (non-hydrogen) atoms. The maximum atomic E-state index is 12.2. The number of urea groups is 1. The number of nitrogens with one attached hydrogen (secondary N) is 2. The molecule has 3 N–H and O–H groups in total. The maximum absolute atomic E-state index is 12.2. The number of likely N-dealkylation sites (tertiary alicyclic amines) is 1. The van der Waals surface area contributed by atoms with Crippen LogP contribution in [0.2, 0.25) is 0 Å². The fourth-order valence-corrected chi connectivity index (χ4v) is 4.14. The minimum atomic E-state index is -3.58. The summed E-state index contributed by atoms with van der Waals surface area (Å²) in [5.74, 6) is -1.22. The van der Waals surface area contributed by atoms with Crippen molar-refractivity contribution in [1.82, 2.24) is 14.9 Å². The molecule has 1 aliphatic heterocycles. The van der Waals surface area contributed by atoms with Crippen molar-refractivity contribution in [3.05, 3.63) is 29.8 Å². The molecule has 0 aromatic heterocycles. The van der Waals surface area contributed by atoms with Gasteiger partial charge < -0.3 is 15.3 Å². The van der Waals surface area contributed by atoms with Crippen molar-refractivity contribution in [2.75, 3.05) is 13.1 Å². The third-order valence-electron chi connectivity index (χ3n) is 4.17. The zero-order valence-electron chi connectivity index (χ0n) is 14.9. The first kappa shape index (κ1) is 20.2. The van der Waals surface area contributed by atoms with E-state index in [9.17, 15) is 18.0 Å². The van der Waals surface area contributed by atoms with Crippen LogP contribution in [0, 0.1) is 5.92 Å². The molecule has 1 heterocycles. The van der Waals surface area contributed by atoms with E-state index in [1.54, 1.807) is 30.9 Å². The number of carbonyl (C=O) groups is 2. The summed E-state index contributed by atoms with van der Waals surface area (Å²) in [6.07, 6.45) is 0.884. The van der Waals surface area contributed by atoms with Crippen molar-refractivity contribution in [3.8, 4) is 0 Å². The molecule has 0 radical (unpaired) electrons. The van der Waals surface area contributed by atoms with Gasteiger partial charge in [-0.05, 0) is 44.4 Å². The van der Waals surface area contributed by atoms with E-state index in [1.165, 1.54) is 12.1 Å². The summed E-state index contributed by atoms with van der Waals surface area (Å²) in [6, 6.07) is 5.92. The Labute approximate surface area is 153 Å². The van der Waals surface area contributed by atoms with Gasteiger partial charge in [0.25, 0.3) is 0 Å². The molecule has 0 bridgehead atoms. The Kier molecular flexibility index (Phi) is 6.60. The fraction of sp³-hybridized carbons (Fsp3) is 0.529. The number of rotatable bonds is 6. The van der Waals surface area contributed by atoms with E-state index in [-0.39, 0.29) is 23.5 Å². The lowest BCUT2D eigenvalue weighted by atomic mass is 9.97. The minimum Gasteiger partial charge on any atom is -0.481 e. The highest BCUT2D eigenvalue weighted by Crippen LogP contribution is 2.17. The Balaban J connectivity index is 1.93. The minimum absolute atomic E-state index is 0.153. The largest absolute Gasteiger partial charge is 0.481 e. The summed E-state index contributed by atoms with van der Waals surface area (Å²) in [4.78, 5) is 24.9. The van der Waals surface area contributed by atoms with Gasteiger partial charge in [-0.1, -0.05) is 12.1 Å². The van der Waals surface area contributed by atoms with E-state index in [1.807, 2.05) is 0 Å². The topological polar surface area (TPSA) is 116 Å². The molecule has 9 heteroatoms. The number of benzene rings is 1. The van der Waals surface area contributed by atoms with Crippen molar-refractivity contribution in [2.45, 2.75) is 44.2 Å². The van der Waals surface area contributed by atoms with Crippen molar-refractivity contribution in [1.29, 1.82) is 0 Å². The predicted molar refractivity (Wildman–Crippen MR) is 96.1 cm³/mol. The molecule has 1 saturated heterocycles. The number of hydrogen-bond acceptors (Lipinski definition) is 4. The first-order valence-electron chi connectivity index (χ1n) is 8.56. The molecule has 0 spiro atoms. The van der Waals surface area contributed by atoms with E-state index >= 15 is 0 Å². The summed E-state index contributed by atoms with van der Waals surface area (Å²) in [6.45, 7) is 4.48. The molecule has 2 amide bonds. The number of carboxylic acid groups (broad SMARTS) is 1. The highest BCUT2D eigenvalue weighted by molar-refractivity contribution is 7.89. The number of nitrogens with zero attached hydrogens (tertiary/aromatic N) is 1. The van der Waals surface area contributed by atoms with Crippen LogP contribution >= 0.6 is 0 Å². The molecule has 1 aromatic carbocycles. The van der Waals surface area contributed by atoms with Crippen LogP contribution in [0.1, 0.15) is 32.3 Å². The fourth-order valence-electron chi connectivity index (χ4n) is 2.82. The normalized spacial score (nSPS) is 15.9. The average molecular weight is 383 g/mol. The zero-order chi connectivity index (χ0) is 19.3.